The molecular formula is C25H24N2O3S. The molecule has 0 spiro atoms. The Labute approximate surface area is 185 Å². The standard InChI is InChI=1S/C25H24N2O3S/c1-14(2)17-10-12-18(13-11-17)21-20(22(28)19-8-6-5-7-9-19)23(29)24(30)27(21)25-26-15(3)16(4)31-25/h5-14,21,28H,1-4H3. The van der Waals surface area contributed by atoms with Crippen molar-refractivity contribution >= 4 is 33.9 Å². The average Bonchev–Trinajstić information content (AvgIpc) is 3.23. The van der Waals surface area contributed by atoms with E-state index in [1.165, 1.54) is 16.2 Å². The van der Waals surface area contributed by atoms with E-state index in [4.69, 9.17) is 0 Å². The number of carbonyl (C=O) groups excluding carboxylic acids is 2. The van der Waals surface area contributed by atoms with Crippen LogP contribution in [0.15, 0.2) is 60.2 Å². The molecule has 31 heavy (non-hydrogen) atoms. The summed E-state index contributed by atoms with van der Waals surface area (Å²) in [5.41, 5.74) is 3.31. The first-order valence-corrected chi connectivity index (χ1v) is 11.0. The van der Waals surface area contributed by atoms with Crippen molar-refractivity contribution in [1.29, 1.82) is 0 Å². The van der Waals surface area contributed by atoms with Gasteiger partial charge in [0.05, 0.1) is 17.3 Å². The van der Waals surface area contributed by atoms with Gasteiger partial charge in [-0.1, -0.05) is 68.4 Å². The summed E-state index contributed by atoms with van der Waals surface area (Å²) in [6.07, 6.45) is 0. The molecule has 1 saturated heterocycles. The van der Waals surface area contributed by atoms with E-state index in [1.54, 1.807) is 24.3 Å². The van der Waals surface area contributed by atoms with Crippen LogP contribution in [0, 0.1) is 13.8 Å². The van der Waals surface area contributed by atoms with Gasteiger partial charge in [-0.3, -0.25) is 14.5 Å². The number of thiazole rings is 1. The van der Waals surface area contributed by atoms with Crippen LogP contribution in [-0.4, -0.2) is 21.8 Å². The van der Waals surface area contributed by atoms with Crippen LogP contribution in [-0.2, 0) is 9.59 Å². The van der Waals surface area contributed by atoms with E-state index < -0.39 is 17.7 Å². The first-order valence-electron chi connectivity index (χ1n) is 10.2. The number of ketones is 1. The number of aliphatic hydroxyl groups is 1. The van der Waals surface area contributed by atoms with Crippen LogP contribution in [0.5, 0.6) is 0 Å². The highest BCUT2D eigenvalue weighted by Crippen LogP contribution is 2.43. The molecule has 1 amide bonds. The average molecular weight is 433 g/mol. The highest BCUT2D eigenvalue weighted by Gasteiger charge is 2.48. The second-order valence-corrected chi connectivity index (χ2v) is 9.18. The molecule has 2 heterocycles. The summed E-state index contributed by atoms with van der Waals surface area (Å²) in [6.45, 7) is 8.03. The second-order valence-electron chi connectivity index (χ2n) is 7.99. The minimum Gasteiger partial charge on any atom is -0.507 e. The van der Waals surface area contributed by atoms with Gasteiger partial charge in [0.1, 0.15) is 5.76 Å². The Bertz CT molecular complexity index is 1160. The van der Waals surface area contributed by atoms with E-state index in [-0.39, 0.29) is 11.3 Å². The Morgan fingerprint density at radius 3 is 2.23 bits per heavy atom. The Morgan fingerprint density at radius 2 is 1.68 bits per heavy atom. The van der Waals surface area contributed by atoms with E-state index in [0.717, 1.165) is 21.7 Å². The Hall–Kier alpha value is -3.25. The molecule has 0 saturated carbocycles. The predicted molar refractivity (Wildman–Crippen MR) is 123 cm³/mol. The topological polar surface area (TPSA) is 70.5 Å². The van der Waals surface area contributed by atoms with Crippen LogP contribution in [0.2, 0.25) is 0 Å². The molecule has 1 aliphatic heterocycles. The summed E-state index contributed by atoms with van der Waals surface area (Å²) in [5.74, 6) is -1.20. The SMILES string of the molecule is Cc1nc(N2C(=O)C(=O)C(=C(O)c3ccccc3)C2c2ccc(C(C)C)cc2)sc1C. The number of hydrogen-bond acceptors (Lipinski definition) is 5. The van der Waals surface area contributed by atoms with Gasteiger partial charge in [0, 0.05) is 10.4 Å². The largest absolute Gasteiger partial charge is 0.507 e. The van der Waals surface area contributed by atoms with Crippen molar-refractivity contribution < 1.29 is 14.7 Å². The smallest absolute Gasteiger partial charge is 0.301 e. The van der Waals surface area contributed by atoms with Crippen molar-refractivity contribution in [3.8, 4) is 0 Å². The van der Waals surface area contributed by atoms with Crippen molar-refractivity contribution in [1.82, 2.24) is 4.98 Å². The minimum absolute atomic E-state index is 0.0824. The third-order valence-electron chi connectivity index (χ3n) is 5.63. The van der Waals surface area contributed by atoms with Gasteiger partial charge in [-0.15, -0.1) is 11.3 Å². The molecule has 2 aromatic carbocycles. The fourth-order valence-corrected chi connectivity index (χ4v) is 4.66. The number of rotatable bonds is 4. The molecule has 0 radical (unpaired) electrons. The zero-order chi connectivity index (χ0) is 22.3. The lowest BCUT2D eigenvalue weighted by molar-refractivity contribution is -0.132. The Morgan fingerprint density at radius 1 is 1.03 bits per heavy atom. The fourth-order valence-electron chi connectivity index (χ4n) is 3.72. The number of nitrogens with zero attached hydrogens (tertiary/aromatic N) is 2. The molecule has 3 aromatic rings. The number of carbonyl (C=O) groups is 2. The molecule has 4 rings (SSSR count). The van der Waals surface area contributed by atoms with Gasteiger partial charge < -0.3 is 5.11 Å². The molecule has 0 bridgehead atoms. The molecule has 158 valence electrons. The van der Waals surface area contributed by atoms with E-state index in [2.05, 4.69) is 18.8 Å². The lowest BCUT2D eigenvalue weighted by atomic mass is 9.93. The maximum atomic E-state index is 13.1. The van der Waals surface area contributed by atoms with Gasteiger partial charge in [0.15, 0.2) is 5.13 Å². The summed E-state index contributed by atoms with van der Waals surface area (Å²) in [6, 6.07) is 15.9. The molecule has 5 nitrogen and oxygen atoms in total. The summed E-state index contributed by atoms with van der Waals surface area (Å²) < 4.78 is 0. The molecule has 0 aliphatic carbocycles. The number of benzene rings is 2. The third-order valence-corrected chi connectivity index (χ3v) is 6.71. The molecule has 6 heteroatoms. The Balaban J connectivity index is 1.93. The molecule has 1 fully saturated rings. The lowest BCUT2D eigenvalue weighted by Gasteiger charge is -2.23. The van der Waals surface area contributed by atoms with Gasteiger partial charge in [-0.2, -0.15) is 0 Å². The number of hydrogen-bond donors (Lipinski definition) is 1. The van der Waals surface area contributed by atoms with Crippen LogP contribution in [0.4, 0.5) is 5.13 Å². The minimum atomic E-state index is -0.744. The molecule has 1 N–H and O–H groups in total. The highest BCUT2D eigenvalue weighted by atomic mass is 32.1. The first-order chi connectivity index (χ1) is 14.8. The van der Waals surface area contributed by atoms with E-state index >= 15 is 0 Å². The van der Waals surface area contributed by atoms with Gasteiger partial charge >= 0.3 is 5.91 Å². The molecule has 1 aromatic heterocycles. The number of Topliss-reactive ketones (excluding diaryl/α,β-unsaturated/α-hetero) is 1. The Kier molecular flexibility index (Phi) is 5.50. The zero-order valence-corrected chi connectivity index (χ0v) is 18.7. The monoisotopic (exact) mass is 432 g/mol. The van der Waals surface area contributed by atoms with E-state index in [1.807, 2.05) is 44.2 Å². The molecule has 1 aliphatic rings. The molecule has 1 atom stereocenters. The van der Waals surface area contributed by atoms with Crippen molar-refractivity contribution in [3.05, 3.63) is 87.4 Å². The number of amides is 1. The quantitative estimate of drug-likeness (QED) is 0.335. The summed E-state index contributed by atoms with van der Waals surface area (Å²) in [4.78, 5) is 33.2. The van der Waals surface area contributed by atoms with Gasteiger partial charge in [-0.05, 0) is 30.9 Å². The number of aliphatic hydroxyl groups excluding tert-OH is 1. The van der Waals surface area contributed by atoms with Crippen molar-refractivity contribution in [2.75, 3.05) is 4.90 Å². The van der Waals surface area contributed by atoms with E-state index in [0.29, 0.717) is 16.6 Å². The summed E-state index contributed by atoms with van der Waals surface area (Å²) >= 11 is 1.37. The summed E-state index contributed by atoms with van der Waals surface area (Å²) in [7, 11) is 0. The number of aryl methyl sites for hydroxylation is 2. The fraction of sp³-hybridized carbons (Fsp3) is 0.240. The maximum Gasteiger partial charge on any atom is 0.301 e. The number of aromatic nitrogens is 1. The maximum absolute atomic E-state index is 13.1. The van der Waals surface area contributed by atoms with E-state index in [9.17, 15) is 14.7 Å². The van der Waals surface area contributed by atoms with Gasteiger partial charge in [-0.25, -0.2) is 4.98 Å². The van der Waals surface area contributed by atoms with Crippen LogP contribution < -0.4 is 4.90 Å². The van der Waals surface area contributed by atoms with Crippen LogP contribution in [0.1, 0.15) is 53.1 Å². The predicted octanol–water partition coefficient (Wildman–Crippen LogP) is 5.51. The first kappa shape index (κ1) is 21.0. The summed E-state index contributed by atoms with van der Waals surface area (Å²) in [5, 5.41) is 11.5. The third kappa shape index (κ3) is 3.68. The molecule has 1 unspecified atom stereocenters. The number of anilines is 1. The van der Waals surface area contributed by atoms with Crippen LogP contribution in [0.25, 0.3) is 5.76 Å². The van der Waals surface area contributed by atoms with Crippen LogP contribution in [0.3, 0.4) is 0 Å². The van der Waals surface area contributed by atoms with Crippen molar-refractivity contribution in [2.45, 2.75) is 39.7 Å². The normalized spacial score (nSPS) is 18.2. The molecular weight excluding hydrogens is 408 g/mol. The van der Waals surface area contributed by atoms with Crippen molar-refractivity contribution in [2.24, 2.45) is 0 Å². The van der Waals surface area contributed by atoms with Gasteiger partial charge in [0.2, 0.25) is 0 Å². The van der Waals surface area contributed by atoms with Crippen molar-refractivity contribution in [3.63, 3.8) is 0 Å². The zero-order valence-electron chi connectivity index (χ0n) is 17.9. The highest BCUT2D eigenvalue weighted by molar-refractivity contribution is 7.16. The van der Waals surface area contributed by atoms with Gasteiger partial charge in [0.25, 0.3) is 5.78 Å². The lowest BCUT2D eigenvalue weighted by Crippen LogP contribution is -2.29. The van der Waals surface area contributed by atoms with Crippen LogP contribution >= 0.6 is 11.3 Å². The second kappa shape index (κ2) is 8.12.